The summed E-state index contributed by atoms with van der Waals surface area (Å²) in [6.07, 6.45) is 0.606. The van der Waals surface area contributed by atoms with Crippen molar-refractivity contribution in [3.8, 4) is 6.07 Å². The van der Waals surface area contributed by atoms with Gasteiger partial charge < -0.3 is 4.90 Å². The van der Waals surface area contributed by atoms with Crippen molar-refractivity contribution in [1.29, 1.82) is 5.26 Å². The summed E-state index contributed by atoms with van der Waals surface area (Å²) in [5.74, 6) is 0.775. The molecule has 29 heavy (non-hydrogen) atoms. The van der Waals surface area contributed by atoms with Gasteiger partial charge in [-0.05, 0) is 30.9 Å². The molecule has 1 aromatic heterocycles. The normalized spacial score (nSPS) is 19.0. The summed E-state index contributed by atoms with van der Waals surface area (Å²) in [7, 11) is 0. The highest BCUT2D eigenvalue weighted by molar-refractivity contribution is 7.22. The Morgan fingerprint density at radius 3 is 2.48 bits per heavy atom. The van der Waals surface area contributed by atoms with Crippen molar-refractivity contribution < 1.29 is 13.2 Å². The number of rotatable bonds is 3. The van der Waals surface area contributed by atoms with Gasteiger partial charge in [-0.15, -0.1) is 0 Å². The quantitative estimate of drug-likeness (QED) is 0.752. The Labute approximate surface area is 170 Å². The van der Waals surface area contributed by atoms with Gasteiger partial charge in [0, 0.05) is 32.7 Å². The van der Waals surface area contributed by atoms with Crippen LogP contribution < -0.4 is 10.5 Å². The monoisotopic (exact) mass is 422 g/mol. The fourth-order valence-electron chi connectivity index (χ4n) is 4.22. The Balaban J connectivity index is 1.57. The maximum Gasteiger partial charge on any atom is 0.416 e. The molecule has 0 unspecified atom stereocenters. The molecule has 0 atom stereocenters. The molecular weight excluding hydrogens is 401 g/mol. The van der Waals surface area contributed by atoms with Crippen molar-refractivity contribution in [2.45, 2.75) is 31.9 Å². The van der Waals surface area contributed by atoms with Crippen molar-refractivity contribution in [3.63, 3.8) is 0 Å². The zero-order chi connectivity index (χ0) is 20.6. The number of hydrogen-bond acceptors (Lipinski definition) is 6. The first-order valence-corrected chi connectivity index (χ1v) is 10.6. The highest BCUT2D eigenvalue weighted by atomic mass is 32.1. The standard InChI is InChI=1S/C20H21F3N4OS/c21-20(22,23)15-9-14(11-24)17-16(10-15)18(28)25-19(29-17)27-7-5-26(6-8-27)12-13-3-1-2-4-13/h9-10,13H,1-8,12H2. The fourth-order valence-corrected chi connectivity index (χ4v) is 5.31. The molecule has 0 radical (unpaired) electrons. The summed E-state index contributed by atoms with van der Waals surface area (Å²) in [5.41, 5.74) is -1.86. The number of fused-ring (bicyclic) bond motifs is 1. The van der Waals surface area contributed by atoms with Crippen molar-refractivity contribution >= 4 is 26.6 Å². The second-order valence-electron chi connectivity index (χ2n) is 7.75. The Morgan fingerprint density at radius 2 is 1.86 bits per heavy atom. The molecule has 154 valence electrons. The summed E-state index contributed by atoms with van der Waals surface area (Å²) in [4.78, 5) is 20.9. The molecule has 0 spiro atoms. The van der Waals surface area contributed by atoms with E-state index in [0.717, 1.165) is 49.0 Å². The van der Waals surface area contributed by atoms with Gasteiger partial charge in [0.05, 0.1) is 21.2 Å². The summed E-state index contributed by atoms with van der Waals surface area (Å²) >= 11 is 1.12. The highest BCUT2D eigenvalue weighted by Gasteiger charge is 2.32. The molecule has 2 aromatic rings. The summed E-state index contributed by atoms with van der Waals surface area (Å²) in [6, 6.07) is 3.41. The molecule has 5 nitrogen and oxygen atoms in total. The number of piperazine rings is 1. The van der Waals surface area contributed by atoms with E-state index in [0.29, 0.717) is 18.2 Å². The fraction of sp³-hybridized carbons (Fsp3) is 0.550. The van der Waals surface area contributed by atoms with E-state index in [1.165, 1.54) is 25.7 Å². The van der Waals surface area contributed by atoms with Gasteiger partial charge in [-0.2, -0.15) is 23.4 Å². The van der Waals surface area contributed by atoms with Crippen LogP contribution in [0.15, 0.2) is 16.9 Å². The van der Waals surface area contributed by atoms with Gasteiger partial charge in [0.2, 0.25) is 0 Å². The number of hydrogen-bond donors (Lipinski definition) is 0. The van der Waals surface area contributed by atoms with Crippen LogP contribution in [0.5, 0.6) is 0 Å². The Morgan fingerprint density at radius 1 is 1.17 bits per heavy atom. The van der Waals surface area contributed by atoms with Gasteiger partial charge in [0.15, 0.2) is 5.13 Å². The minimum atomic E-state index is -4.62. The second kappa shape index (κ2) is 7.92. The lowest BCUT2D eigenvalue weighted by atomic mass is 10.1. The van der Waals surface area contributed by atoms with E-state index in [1.54, 1.807) is 6.07 Å². The predicted molar refractivity (Wildman–Crippen MR) is 106 cm³/mol. The molecule has 2 aliphatic rings. The number of benzene rings is 1. The maximum atomic E-state index is 13.1. The van der Waals surface area contributed by atoms with Gasteiger partial charge in [-0.3, -0.25) is 9.69 Å². The first-order chi connectivity index (χ1) is 13.8. The predicted octanol–water partition coefficient (Wildman–Crippen LogP) is 3.86. The minimum Gasteiger partial charge on any atom is -0.345 e. The van der Waals surface area contributed by atoms with Crippen LogP contribution in [-0.2, 0) is 6.18 Å². The first kappa shape index (κ1) is 20.1. The zero-order valence-corrected chi connectivity index (χ0v) is 16.7. The van der Waals surface area contributed by atoms with Crippen molar-refractivity contribution in [3.05, 3.63) is 33.6 Å². The van der Waals surface area contributed by atoms with Crippen LogP contribution in [-0.4, -0.2) is 42.6 Å². The van der Waals surface area contributed by atoms with Crippen molar-refractivity contribution in [2.75, 3.05) is 37.6 Å². The van der Waals surface area contributed by atoms with Gasteiger partial charge >= 0.3 is 6.18 Å². The minimum absolute atomic E-state index is 0.138. The van der Waals surface area contributed by atoms with E-state index >= 15 is 0 Å². The van der Waals surface area contributed by atoms with E-state index in [-0.39, 0.29) is 15.6 Å². The molecule has 0 N–H and O–H groups in total. The molecule has 1 saturated heterocycles. The average Bonchev–Trinajstić information content (AvgIpc) is 3.20. The second-order valence-corrected chi connectivity index (χ2v) is 8.73. The van der Waals surface area contributed by atoms with Crippen molar-refractivity contribution in [2.24, 2.45) is 5.92 Å². The van der Waals surface area contributed by atoms with Crippen LogP contribution in [0.1, 0.15) is 36.8 Å². The molecule has 2 heterocycles. The third-order valence-corrected chi connectivity index (χ3v) is 6.97. The molecule has 1 aliphatic carbocycles. The molecule has 9 heteroatoms. The van der Waals surface area contributed by atoms with Crippen LogP contribution in [0.4, 0.5) is 18.3 Å². The lowest BCUT2D eigenvalue weighted by Crippen LogP contribution is -2.48. The number of nitrogens with zero attached hydrogens (tertiary/aromatic N) is 4. The van der Waals surface area contributed by atoms with Gasteiger partial charge in [-0.1, -0.05) is 24.2 Å². The van der Waals surface area contributed by atoms with E-state index in [9.17, 15) is 23.2 Å². The largest absolute Gasteiger partial charge is 0.416 e. The van der Waals surface area contributed by atoms with E-state index in [1.807, 2.05) is 4.90 Å². The highest BCUT2D eigenvalue weighted by Crippen LogP contribution is 2.35. The molecule has 4 rings (SSSR count). The average molecular weight is 422 g/mol. The Bertz CT molecular complexity index is 1000. The Kier molecular flexibility index (Phi) is 5.49. The number of halogens is 3. The summed E-state index contributed by atoms with van der Waals surface area (Å²) in [6.45, 7) is 4.27. The van der Waals surface area contributed by atoms with E-state index in [4.69, 9.17) is 0 Å². The van der Waals surface area contributed by atoms with Crippen LogP contribution >= 0.6 is 11.3 Å². The number of aromatic nitrogens is 1. The molecular formula is C20H21F3N4OS. The number of nitriles is 1. The number of alkyl halides is 3. The molecule has 1 aliphatic heterocycles. The summed E-state index contributed by atoms with van der Waals surface area (Å²) < 4.78 is 39.5. The third-order valence-electron chi connectivity index (χ3n) is 5.79. The maximum absolute atomic E-state index is 13.1. The SMILES string of the molecule is N#Cc1cc(C(F)(F)F)cc2c(=O)nc(N3CCN(CC4CCCC4)CC3)sc12. The lowest BCUT2D eigenvalue weighted by molar-refractivity contribution is -0.137. The van der Waals surface area contributed by atoms with Gasteiger partial charge in [0.25, 0.3) is 5.56 Å². The van der Waals surface area contributed by atoms with Gasteiger partial charge in [-0.25, -0.2) is 0 Å². The van der Waals surface area contributed by atoms with Crippen LogP contribution in [0.2, 0.25) is 0 Å². The van der Waals surface area contributed by atoms with Gasteiger partial charge in [0.1, 0.15) is 6.07 Å². The molecule has 2 fully saturated rings. The topological polar surface area (TPSA) is 60.2 Å². The molecule has 0 amide bonds. The summed E-state index contributed by atoms with van der Waals surface area (Å²) in [5, 5.41) is 9.66. The van der Waals surface area contributed by atoms with E-state index in [2.05, 4.69) is 9.88 Å². The first-order valence-electron chi connectivity index (χ1n) is 9.78. The number of anilines is 1. The van der Waals surface area contributed by atoms with Crippen LogP contribution in [0, 0.1) is 17.2 Å². The smallest absolute Gasteiger partial charge is 0.345 e. The van der Waals surface area contributed by atoms with E-state index < -0.39 is 17.3 Å². The molecule has 0 bridgehead atoms. The lowest BCUT2D eigenvalue weighted by Gasteiger charge is -2.36. The Hall–Kier alpha value is -2.18. The molecule has 1 saturated carbocycles. The van der Waals surface area contributed by atoms with Crippen molar-refractivity contribution in [1.82, 2.24) is 9.88 Å². The zero-order valence-electron chi connectivity index (χ0n) is 15.8. The molecule has 1 aromatic carbocycles. The third kappa shape index (κ3) is 4.23. The van der Waals surface area contributed by atoms with Crippen LogP contribution in [0.3, 0.4) is 0 Å². The van der Waals surface area contributed by atoms with Crippen LogP contribution in [0.25, 0.3) is 10.1 Å².